The summed E-state index contributed by atoms with van der Waals surface area (Å²) in [5.41, 5.74) is 5.23. The van der Waals surface area contributed by atoms with Gasteiger partial charge in [0.25, 0.3) is 11.8 Å². The van der Waals surface area contributed by atoms with Crippen LogP contribution in [-0.4, -0.2) is 29.9 Å². The van der Waals surface area contributed by atoms with Crippen molar-refractivity contribution in [1.82, 2.24) is 5.32 Å². The van der Waals surface area contributed by atoms with Crippen LogP contribution in [0.4, 0.5) is 0 Å². The molecule has 0 bridgehead atoms. The summed E-state index contributed by atoms with van der Waals surface area (Å²) in [6.07, 6.45) is -1.08. The molecule has 2 atom stereocenters. The zero-order chi connectivity index (χ0) is 17.7. The van der Waals surface area contributed by atoms with Crippen LogP contribution in [-0.2, 0) is 14.3 Å². The Balaban J connectivity index is 2.89. The molecule has 0 aliphatic heterocycles. The van der Waals surface area contributed by atoms with Crippen molar-refractivity contribution in [2.45, 2.75) is 32.9 Å². The van der Waals surface area contributed by atoms with Gasteiger partial charge in [0.05, 0.1) is 10.6 Å². The second-order valence-corrected chi connectivity index (χ2v) is 6.14. The van der Waals surface area contributed by atoms with E-state index < -0.39 is 29.9 Å². The number of nitrogens with two attached hydrogens (primary N) is 1. The third-order valence-electron chi connectivity index (χ3n) is 3.08. The minimum atomic E-state index is -1.08. The Bertz CT molecular complexity index is 619. The molecule has 126 valence electrons. The molecule has 1 aromatic rings. The van der Waals surface area contributed by atoms with Crippen LogP contribution >= 0.6 is 23.2 Å². The van der Waals surface area contributed by atoms with Crippen molar-refractivity contribution in [3.8, 4) is 0 Å². The zero-order valence-corrected chi connectivity index (χ0v) is 14.4. The van der Waals surface area contributed by atoms with Crippen LogP contribution in [0.15, 0.2) is 18.2 Å². The van der Waals surface area contributed by atoms with E-state index in [2.05, 4.69) is 5.32 Å². The van der Waals surface area contributed by atoms with E-state index in [4.69, 9.17) is 33.7 Å². The smallest absolute Gasteiger partial charge is 0.329 e. The van der Waals surface area contributed by atoms with E-state index in [-0.39, 0.29) is 16.5 Å². The third-order valence-corrected chi connectivity index (χ3v) is 3.62. The third kappa shape index (κ3) is 5.41. The van der Waals surface area contributed by atoms with Crippen LogP contribution < -0.4 is 11.1 Å². The predicted octanol–water partition coefficient (Wildman–Crippen LogP) is 2.16. The van der Waals surface area contributed by atoms with Crippen molar-refractivity contribution in [2.75, 3.05) is 0 Å². The summed E-state index contributed by atoms with van der Waals surface area (Å²) < 4.78 is 4.94. The first kappa shape index (κ1) is 19.3. The maximum absolute atomic E-state index is 12.3. The first-order chi connectivity index (χ1) is 10.6. The fourth-order valence-corrected chi connectivity index (χ4v) is 2.19. The topological polar surface area (TPSA) is 98.5 Å². The van der Waals surface area contributed by atoms with Gasteiger partial charge in [0, 0.05) is 5.02 Å². The highest BCUT2D eigenvalue weighted by Gasteiger charge is 2.29. The fraction of sp³-hybridized carbons (Fsp3) is 0.400. The van der Waals surface area contributed by atoms with Crippen molar-refractivity contribution in [1.29, 1.82) is 0 Å². The number of benzene rings is 1. The number of carbonyl (C=O) groups excluding carboxylic acids is 3. The van der Waals surface area contributed by atoms with Gasteiger partial charge in [-0.05, 0) is 31.0 Å². The van der Waals surface area contributed by atoms with E-state index in [0.717, 1.165) is 0 Å². The molecule has 8 heteroatoms. The van der Waals surface area contributed by atoms with Gasteiger partial charge in [-0.1, -0.05) is 37.0 Å². The number of ether oxygens (including phenoxy) is 1. The summed E-state index contributed by atoms with van der Waals surface area (Å²) >= 11 is 11.8. The Morgan fingerprint density at radius 2 is 1.78 bits per heavy atom. The van der Waals surface area contributed by atoms with Crippen LogP contribution in [0.5, 0.6) is 0 Å². The van der Waals surface area contributed by atoms with Crippen LogP contribution in [0.3, 0.4) is 0 Å². The molecule has 23 heavy (non-hydrogen) atoms. The molecule has 1 aromatic carbocycles. The predicted molar refractivity (Wildman–Crippen MR) is 87.3 cm³/mol. The van der Waals surface area contributed by atoms with E-state index in [1.54, 1.807) is 13.8 Å². The lowest BCUT2D eigenvalue weighted by atomic mass is 10.0. The van der Waals surface area contributed by atoms with Gasteiger partial charge in [0.2, 0.25) is 0 Å². The molecule has 0 spiro atoms. The summed E-state index contributed by atoms with van der Waals surface area (Å²) in [5.74, 6) is -2.33. The number of esters is 1. The SMILES string of the molecule is CC(C)[C@H](NC(=O)c1ccc(Cl)cc1Cl)C(=O)O[C@H](C)C(N)=O. The molecule has 0 aliphatic carbocycles. The van der Waals surface area contributed by atoms with Gasteiger partial charge < -0.3 is 15.8 Å². The van der Waals surface area contributed by atoms with E-state index in [1.807, 2.05) is 0 Å². The molecule has 0 aromatic heterocycles. The Kier molecular flexibility index (Phi) is 6.84. The lowest BCUT2D eigenvalue weighted by Crippen LogP contribution is -2.47. The Hall–Kier alpha value is -1.79. The molecule has 3 N–H and O–H groups in total. The Morgan fingerprint density at radius 3 is 2.26 bits per heavy atom. The minimum Gasteiger partial charge on any atom is -0.451 e. The summed E-state index contributed by atoms with van der Waals surface area (Å²) in [6.45, 7) is 4.81. The molecule has 1 rings (SSSR count). The standard InChI is InChI=1S/C15H18Cl2N2O4/c1-7(2)12(15(22)23-8(3)13(18)20)19-14(21)10-5-4-9(16)6-11(10)17/h4-8,12H,1-3H3,(H2,18,20)(H,19,21)/t8-,12+/m1/s1. The number of hydrogen-bond donors (Lipinski definition) is 2. The van der Waals surface area contributed by atoms with E-state index >= 15 is 0 Å². The minimum absolute atomic E-state index is 0.163. The maximum Gasteiger partial charge on any atom is 0.329 e. The van der Waals surface area contributed by atoms with Crippen LogP contribution in [0.25, 0.3) is 0 Å². The molecule has 0 fully saturated rings. The van der Waals surface area contributed by atoms with Crippen LogP contribution in [0, 0.1) is 5.92 Å². The van der Waals surface area contributed by atoms with Crippen molar-refractivity contribution in [2.24, 2.45) is 11.7 Å². The van der Waals surface area contributed by atoms with Gasteiger partial charge in [-0.3, -0.25) is 9.59 Å². The van der Waals surface area contributed by atoms with E-state index in [0.29, 0.717) is 5.02 Å². The number of primary amides is 1. The normalized spacial score (nSPS) is 13.3. The molecule has 0 radical (unpaired) electrons. The average Bonchev–Trinajstić information content (AvgIpc) is 2.43. The van der Waals surface area contributed by atoms with Gasteiger partial charge in [-0.2, -0.15) is 0 Å². The molecule has 0 aliphatic rings. The average molecular weight is 361 g/mol. The largest absolute Gasteiger partial charge is 0.451 e. The van der Waals surface area contributed by atoms with Crippen LogP contribution in [0.1, 0.15) is 31.1 Å². The monoisotopic (exact) mass is 360 g/mol. The van der Waals surface area contributed by atoms with E-state index in [1.165, 1.54) is 25.1 Å². The van der Waals surface area contributed by atoms with Crippen molar-refractivity contribution in [3.05, 3.63) is 33.8 Å². The summed E-state index contributed by atoms with van der Waals surface area (Å²) in [5, 5.41) is 3.10. The van der Waals surface area contributed by atoms with Gasteiger partial charge in [-0.25, -0.2) is 4.79 Å². The highest BCUT2D eigenvalue weighted by atomic mass is 35.5. The number of carbonyl (C=O) groups is 3. The first-order valence-electron chi connectivity index (χ1n) is 6.89. The number of nitrogens with one attached hydrogen (secondary N) is 1. The molecular formula is C15H18Cl2N2O4. The van der Waals surface area contributed by atoms with Crippen molar-refractivity contribution < 1.29 is 19.1 Å². The quantitative estimate of drug-likeness (QED) is 0.759. The second kappa shape index (κ2) is 8.17. The molecule has 0 unspecified atom stereocenters. The summed E-state index contributed by atoms with van der Waals surface area (Å²) in [6, 6.07) is 3.45. The summed E-state index contributed by atoms with van der Waals surface area (Å²) in [4.78, 5) is 35.4. The first-order valence-corrected chi connectivity index (χ1v) is 7.64. The number of halogens is 2. The highest BCUT2D eigenvalue weighted by molar-refractivity contribution is 6.36. The lowest BCUT2D eigenvalue weighted by molar-refractivity contribution is -0.156. The van der Waals surface area contributed by atoms with Crippen molar-refractivity contribution >= 4 is 41.0 Å². The molecular weight excluding hydrogens is 343 g/mol. The molecule has 2 amide bonds. The van der Waals surface area contributed by atoms with Gasteiger partial charge in [0.15, 0.2) is 6.10 Å². The molecule has 0 saturated carbocycles. The fourth-order valence-electron chi connectivity index (χ4n) is 1.70. The lowest BCUT2D eigenvalue weighted by Gasteiger charge is -2.22. The molecule has 0 heterocycles. The number of hydrogen-bond acceptors (Lipinski definition) is 4. The zero-order valence-electron chi connectivity index (χ0n) is 12.9. The summed E-state index contributed by atoms with van der Waals surface area (Å²) in [7, 11) is 0. The van der Waals surface area contributed by atoms with E-state index in [9.17, 15) is 14.4 Å². The Morgan fingerprint density at radius 1 is 1.17 bits per heavy atom. The molecule has 6 nitrogen and oxygen atoms in total. The number of amides is 2. The van der Waals surface area contributed by atoms with Crippen molar-refractivity contribution in [3.63, 3.8) is 0 Å². The Labute approximate surface area is 144 Å². The van der Waals surface area contributed by atoms with Gasteiger partial charge in [0.1, 0.15) is 6.04 Å². The van der Waals surface area contributed by atoms with Gasteiger partial charge >= 0.3 is 5.97 Å². The maximum atomic E-state index is 12.3. The van der Waals surface area contributed by atoms with Gasteiger partial charge in [-0.15, -0.1) is 0 Å². The highest BCUT2D eigenvalue weighted by Crippen LogP contribution is 2.21. The van der Waals surface area contributed by atoms with Crippen LogP contribution in [0.2, 0.25) is 10.0 Å². The molecule has 0 saturated heterocycles. The second-order valence-electron chi connectivity index (χ2n) is 5.30. The number of rotatable bonds is 6.